The van der Waals surface area contributed by atoms with Crippen LogP contribution in [0.4, 0.5) is 0 Å². The van der Waals surface area contributed by atoms with E-state index in [1.807, 2.05) is 13.8 Å². The summed E-state index contributed by atoms with van der Waals surface area (Å²) in [7, 11) is 0. The molecule has 0 aliphatic carbocycles. The first-order valence-corrected chi connectivity index (χ1v) is 4.57. The topological polar surface area (TPSA) is 34.9 Å². The van der Waals surface area contributed by atoms with Crippen molar-refractivity contribution in [1.82, 2.24) is 9.78 Å². The van der Waals surface area contributed by atoms with E-state index in [0.717, 1.165) is 4.60 Å². The molecule has 0 radical (unpaired) electrons. The van der Waals surface area contributed by atoms with E-state index in [9.17, 15) is 4.79 Å². The molecule has 0 saturated heterocycles. The zero-order valence-corrected chi connectivity index (χ0v) is 8.92. The molecule has 0 spiro atoms. The Morgan fingerprint density at radius 2 is 2.25 bits per heavy atom. The number of hydrogen-bond donors (Lipinski definition) is 0. The van der Waals surface area contributed by atoms with Crippen LogP contribution in [0.15, 0.2) is 10.7 Å². The summed E-state index contributed by atoms with van der Waals surface area (Å²) in [5.41, 5.74) is 0.510. The van der Waals surface area contributed by atoms with Gasteiger partial charge in [-0.3, -0.25) is 9.48 Å². The van der Waals surface area contributed by atoms with Crippen molar-refractivity contribution in [2.45, 2.75) is 26.8 Å². The molecule has 1 aromatic rings. The maximum Gasteiger partial charge on any atom is 0.180 e. The van der Waals surface area contributed by atoms with Crippen LogP contribution in [-0.4, -0.2) is 15.6 Å². The van der Waals surface area contributed by atoms with Crippen molar-refractivity contribution >= 4 is 21.7 Å². The molecule has 12 heavy (non-hydrogen) atoms. The van der Waals surface area contributed by atoms with Gasteiger partial charge in [-0.1, -0.05) is 0 Å². The monoisotopic (exact) mass is 230 g/mol. The second-order valence-electron chi connectivity index (χ2n) is 2.95. The second kappa shape index (κ2) is 3.39. The smallest absolute Gasteiger partial charge is 0.180 e. The Bertz CT molecular complexity index is 304. The number of rotatable bonds is 2. The molecular formula is C8H11BrN2O. The molecule has 0 bridgehead atoms. The van der Waals surface area contributed by atoms with Crippen LogP contribution in [-0.2, 0) is 0 Å². The highest BCUT2D eigenvalue weighted by molar-refractivity contribution is 9.10. The van der Waals surface area contributed by atoms with Crippen LogP contribution in [0, 0.1) is 0 Å². The number of carbonyl (C=O) groups excluding carboxylic acids is 1. The summed E-state index contributed by atoms with van der Waals surface area (Å²) in [6.45, 7) is 5.54. The Hall–Kier alpha value is -0.640. The highest BCUT2D eigenvalue weighted by atomic mass is 79.9. The van der Waals surface area contributed by atoms with E-state index in [0.29, 0.717) is 5.69 Å². The molecule has 0 aliphatic heterocycles. The van der Waals surface area contributed by atoms with Gasteiger partial charge in [0.05, 0.1) is 0 Å². The molecule has 0 aromatic carbocycles. The fourth-order valence-corrected chi connectivity index (χ4v) is 1.61. The summed E-state index contributed by atoms with van der Waals surface area (Å²) in [5, 5.41) is 4.13. The zero-order chi connectivity index (χ0) is 9.30. The molecule has 0 aliphatic rings. The average Bonchev–Trinajstić information content (AvgIpc) is 2.30. The Morgan fingerprint density at radius 3 is 2.50 bits per heavy atom. The Kier molecular flexibility index (Phi) is 2.67. The van der Waals surface area contributed by atoms with Crippen molar-refractivity contribution < 1.29 is 4.79 Å². The molecule has 0 unspecified atom stereocenters. The molecule has 0 fully saturated rings. The summed E-state index contributed by atoms with van der Waals surface area (Å²) in [5.74, 6) is -0.00454. The summed E-state index contributed by atoms with van der Waals surface area (Å²) in [6, 6.07) is 2.01. The van der Waals surface area contributed by atoms with E-state index in [2.05, 4.69) is 21.0 Å². The average molecular weight is 231 g/mol. The summed E-state index contributed by atoms with van der Waals surface area (Å²) in [6.07, 6.45) is 0. The van der Waals surface area contributed by atoms with Gasteiger partial charge >= 0.3 is 0 Å². The number of hydrogen-bond acceptors (Lipinski definition) is 2. The van der Waals surface area contributed by atoms with Gasteiger partial charge in [0, 0.05) is 19.0 Å². The summed E-state index contributed by atoms with van der Waals surface area (Å²) in [4.78, 5) is 10.9. The summed E-state index contributed by atoms with van der Waals surface area (Å²) < 4.78 is 2.62. The maximum absolute atomic E-state index is 10.9. The molecule has 1 heterocycles. The fraction of sp³-hybridized carbons (Fsp3) is 0.500. The molecular weight excluding hydrogens is 220 g/mol. The molecule has 3 nitrogen and oxygen atoms in total. The van der Waals surface area contributed by atoms with E-state index in [-0.39, 0.29) is 11.8 Å². The summed E-state index contributed by atoms with van der Waals surface area (Å²) >= 11 is 3.33. The first-order chi connectivity index (χ1) is 5.52. The van der Waals surface area contributed by atoms with Gasteiger partial charge in [-0.05, 0) is 29.8 Å². The van der Waals surface area contributed by atoms with Crippen LogP contribution in [0.5, 0.6) is 0 Å². The molecule has 1 aromatic heterocycles. The van der Waals surface area contributed by atoms with E-state index in [4.69, 9.17) is 0 Å². The largest absolute Gasteiger partial charge is 0.293 e. The number of Topliss-reactive ketones (excluding diaryl/α,β-unsaturated/α-hetero) is 1. The maximum atomic E-state index is 10.9. The predicted molar refractivity (Wildman–Crippen MR) is 50.3 cm³/mol. The Labute approximate surface area is 79.9 Å². The minimum absolute atomic E-state index is 0.00454. The number of aromatic nitrogens is 2. The van der Waals surface area contributed by atoms with E-state index < -0.39 is 0 Å². The van der Waals surface area contributed by atoms with Crippen LogP contribution in [0.1, 0.15) is 37.3 Å². The SMILES string of the molecule is CC(=O)c1cc(Br)n(C(C)C)n1. The predicted octanol–water partition coefficient (Wildman–Crippen LogP) is 2.43. The highest BCUT2D eigenvalue weighted by Crippen LogP contribution is 2.16. The standard InChI is InChI=1S/C8H11BrN2O/c1-5(2)11-8(9)4-7(10-11)6(3)12/h4-5H,1-3H3. The first-order valence-electron chi connectivity index (χ1n) is 3.78. The third-order valence-corrected chi connectivity index (χ3v) is 2.13. The molecule has 66 valence electrons. The lowest BCUT2D eigenvalue weighted by atomic mass is 10.3. The quantitative estimate of drug-likeness (QED) is 0.732. The van der Waals surface area contributed by atoms with Crippen LogP contribution in [0.2, 0.25) is 0 Å². The molecule has 0 amide bonds. The number of carbonyl (C=O) groups is 1. The van der Waals surface area contributed by atoms with Gasteiger partial charge in [0.2, 0.25) is 0 Å². The zero-order valence-electron chi connectivity index (χ0n) is 7.34. The highest BCUT2D eigenvalue weighted by Gasteiger charge is 2.10. The third-order valence-electron chi connectivity index (χ3n) is 1.54. The number of ketones is 1. The van der Waals surface area contributed by atoms with Crippen LogP contribution >= 0.6 is 15.9 Å². The van der Waals surface area contributed by atoms with Crippen LogP contribution < -0.4 is 0 Å². The molecule has 4 heteroatoms. The number of nitrogens with zero attached hydrogens (tertiary/aromatic N) is 2. The first kappa shape index (κ1) is 9.45. The molecule has 0 N–H and O–H groups in total. The third kappa shape index (κ3) is 1.75. The second-order valence-corrected chi connectivity index (χ2v) is 3.76. The van der Waals surface area contributed by atoms with E-state index in [1.165, 1.54) is 6.92 Å². The van der Waals surface area contributed by atoms with Gasteiger partial charge in [0.1, 0.15) is 10.3 Å². The lowest BCUT2D eigenvalue weighted by Gasteiger charge is -2.05. The van der Waals surface area contributed by atoms with Crippen molar-refractivity contribution in [2.75, 3.05) is 0 Å². The van der Waals surface area contributed by atoms with Crippen molar-refractivity contribution in [1.29, 1.82) is 0 Å². The fourth-order valence-electron chi connectivity index (χ4n) is 0.906. The molecule has 0 saturated carbocycles. The van der Waals surface area contributed by atoms with Crippen molar-refractivity contribution in [2.24, 2.45) is 0 Å². The minimum Gasteiger partial charge on any atom is -0.293 e. The van der Waals surface area contributed by atoms with Gasteiger partial charge in [0.25, 0.3) is 0 Å². The van der Waals surface area contributed by atoms with Gasteiger partial charge < -0.3 is 0 Å². The van der Waals surface area contributed by atoms with E-state index >= 15 is 0 Å². The van der Waals surface area contributed by atoms with Crippen molar-refractivity contribution in [3.8, 4) is 0 Å². The van der Waals surface area contributed by atoms with Gasteiger partial charge in [0.15, 0.2) is 5.78 Å². The van der Waals surface area contributed by atoms with Gasteiger partial charge in [-0.25, -0.2) is 0 Å². The van der Waals surface area contributed by atoms with Gasteiger partial charge in [-0.2, -0.15) is 5.10 Å². The normalized spacial score (nSPS) is 10.8. The van der Waals surface area contributed by atoms with E-state index in [1.54, 1.807) is 10.7 Å². The Morgan fingerprint density at radius 1 is 1.67 bits per heavy atom. The Balaban J connectivity index is 3.09. The molecule has 0 atom stereocenters. The number of halogens is 1. The van der Waals surface area contributed by atoms with Crippen LogP contribution in [0.25, 0.3) is 0 Å². The molecule has 1 rings (SSSR count). The van der Waals surface area contributed by atoms with Crippen LogP contribution in [0.3, 0.4) is 0 Å². The van der Waals surface area contributed by atoms with Crippen molar-refractivity contribution in [3.63, 3.8) is 0 Å². The van der Waals surface area contributed by atoms with Gasteiger partial charge in [-0.15, -0.1) is 0 Å². The lowest BCUT2D eigenvalue weighted by Crippen LogP contribution is -2.04. The minimum atomic E-state index is -0.00454. The van der Waals surface area contributed by atoms with Crippen molar-refractivity contribution in [3.05, 3.63) is 16.4 Å². The lowest BCUT2D eigenvalue weighted by molar-refractivity contribution is 0.101.